The molecule has 8 heteroatoms. The predicted molar refractivity (Wildman–Crippen MR) is 103 cm³/mol. The summed E-state index contributed by atoms with van der Waals surface area (Å²) in [6.45, 7) is 5.60. The minimum atomic E-state index is -4.48. The molecular formula is C22H24F4N2O2. The number of benzene rings is 1. The molecule has 0 radical (unpaired) electrons. The average molecular weight is 424 g/mol. The lowest BCUT2D eigenvalue weighted by Crippen LogP contribution is -2.36. The first-order chi connectivity index (χ1) is 14.2. The van der Waals surface area contributed by atoms with E-state index in [1.807, 2.05) is 6.92 Å². The van der Waals surface area contributed by atoms with Crippen molar-refractivity contribution in [2.45, 2.75) is 44.8 Å². The van der Waals surface area contributed by atoms with Crippen LogP contribution < -0.4 is 9.47 Å². The van der Waals surface area contributed by atoms with Crippen LogP contribution in [0.25, 0.3) is 0 Å². The number of likely N-dealkylation sites (tertiary alicyclic amines) is 1. The summed E-state index contributed by atoms with van der Waals surface area (Å²) >= 11 is 0. The van der Waals surface area contributed by atoms with Gasteiger partial charge in [-0.2, -0.15) is 13.2 Å². The molecule has 0 aliphatic carbocycles. The Hall–Kier alpha value is -2.35. The second-order valence-electron chi connectivity index (χ2n) is 7.95. The molecule has 2 unspecified atom stereocenters. The first-order valence-corrected chi connectivity index (χ1v) is 10.1. The van der Waals surface area contributed by atoms with Crippen LogP contribution in [0, 0.1) is 12.7 Å². The van der Waals surface area contributed by atoms with Crippen molar-refractivity contribution in [2.24, 2.45) is 0 Å². The highest BCUT2D eigenvalue weighted by Gasteiger charge is 2.34. The number of pyridine rings is 1. The third-order valence-electron chi connectivity index (χ3n) is 5.85. The van der Waals surface area contributed by atoms with E-state index in [2.05, 4.69) is 9.88 Å². The molecule has 2 aliphatic rings. The van der Waals surface area contributed by atoms with Crippen molar-refractivity contribution in [1.82, 2.24) is 9.88 Å². The number of hydrogen-bond acceptors (Lipinski definition) is 4. The van der Waals surface area contributed by atoms with Crippen LogP contribution in [0.15, 0.2) is 24.3 Å². The number of aryl methyl sites for hydroxylation is 1. The zero-order valence-corrected chi connectivity index (χ0v) is 16.9. The summed E-state index contributed by atoms with van der Waals surface area (Å²) in [5, 5.41) is 0. The molecule has 30 heavy (non-hydrogen) atoms. The topological polar surface area (TPSA) is 34.6 Å². The second-order valence-corrected chi connectivity index (χ2v) is 7.95. The fourth-order valence-electron chi connectivity index (χ4n) is 4.30. The summed E-state index contributed by atoms with van der Waals surface area (Å²) in [5.41, 5.74) is 0.625. The van der Waals surface area contributed by atoms with Crippen molar-refractivity contribution < 1.29 is 27.0 Å². The fraction of sp³-hybridized carbons (Fsp3) is 0.500. The van der Waals surface area contributed by atoms with Gasteiger partial charge in [-0.3, -0.25) is 4.90 Å². The number of hydrogen-bond donors (Lipinski definition) is 0. The van der Waals surface area contributed by atoms with E-state index >= 15 is 0 Å². The van der Waals surface area contributed by atoms with E-state index in [1.54, 1.807) is 19.1 Å². The highest BCUT2D eigenvalue weighted by atomic mass is 19.4. The van der Waals surface area contributed by atoms with Crippen molar-refractivity contribution in [1.29, 1.82) is 0 Å². The maximum absolute atomic E-state index is 14.7. The minimum absolute atomic E-state index is 0.0655. The smallest absolute Gasteiger partial charge is 0.433 e. The van der Waals surface area contributed by atoms with Crippen LogP contribution in [0.5, 0.6) is 11.5 Å². The maximum atomic E-state index is 14.7. The Kier molecular flexibility index (Phi) is 5.61. The summed E-state index contributed by atoms with van der Waals surface area (Å²) in [5.74, 6) is 0.494. The molecule has 0 amide bonds. The lowest BCUT2D eigenvalue weighted by atomic mass is 9.88. The molecule has 0 saturated carbocycles. The molecule has 1 saturated heterocycles. The van der Waals surface area contributed by atoms with Crippen molar-refractivity contribution >= 4 is 0 Å². The molecule has 4 rings (SSSR count). The van der Waals surface area contributed by atoms with Crippen molar-refractivity contribution in [2.75, 3.05) is 26.3 Å². The largest absolute Gasteiger partial charge is 0.486 e. The number of aromatic nitrogens is 1. The lowest BCUT2D eigenvalue weighted by Gasteiger charge is -2.37. The van der Waals surface area contributed by atoms with Crippen LogP contribution >= 0.6 is 0 Å². The number of fused-ring (bicyclic) bond motifs is 1. The maximum Gasteiger partial charge on any atom is 0.433 e. The van der Waals surface area contributed by atoms with Gasteiger partial charge in [-0.15, -0.1) is 0 Å². The van der Waals surface area contributed by atoms with Gasteiger partial charge in [0, 0.05) is 29.9 Å². The molecule has 1 aromatic carbocycles. The third kappa shape index (κ3) is 4.24. The number of ether oxygens (including phenoxy) is 2. The fourth-order valence-corrected chi connectivity index (χ4v) is 4.30. The van der Waals surface area contributed by atoms with Crippen LogP contribution in [0.1, 0.15) is 54.2 Å². The quantitative estimate of drug-likeness (QED) is 0.630. The van der Waals surface area contributed by atoms with Crippen LogP contribution in [-0.2, 0) is 6.18 Å². The number of halogens is 4. The van der Waals surface area contributed by atoms with Gasteiger partial charge in [0.05, 0.1) is 0 Å². The van der Waals surface area contributed by atoms with Gasteiger partial charge in [-0.05, 0) is 62.9 Å². The van der Waals surface area contributed by atoms with Gasteiger partial charge in [0.2, 0.25) is 0 Å². The molecule has 1 fully saturated rings. The monoisotopic (exact) mass is 424 g/mol. The number of nitrogens with zero attached hydrogens (tertiary/aromatic N) is 2. The van der Waals surface area contributed by atoms with E-state index in [1.165, 1.54) is 6.07 Å². The molecule has 1 aromatic heterocycles. The van der Waals surface area contributed by atoms with E-state index in [0.717, 1.165) is 25.5 Å². The van der Waals surface area contributed by atoms with Gasteiger partial charge in [0.25, 0.3) is 0 Å². The summed E-state index contributed by atoms with van der Waals surface area (Å²) in [7, 11) is 0. The third-order valence-corrected chi connectivity index (χ3v) is 5.85. The normalized spacial score (nSPS) is 20.8. The van der Waals surface area contributed by atoms with Gasteiger partial charge in [-0.25, -0.2) is 9.37 Å². The van der Waals surface area contributed by atoms with E-state index in [-0.39, 0.29) is 17.8 Å². The van der Waals surface area contributed by atoms with Crippen LogP contribution in [0.4, 0.5) is 17.6 Å². The molecule has 0 bridgehead atoms. The number of rotatable bonds is 3. The number of piperidine rings is 1. The standard InChI is InChI=1S/C22H24F4N2O2/c1-13-8-16(9-21(27-13)22(24,25)26)15-4-3-5-28(12-15)14(2)17-10-19-20(11-18(17)23)30-7-6-29-19/h8-11,14-15H,3-7,12H2,1-2H3. The highest BCUT2D eigenvalue weighted by Crippen LogP contribution is 2.39. The lowest BCUT2D eigenvalue weighted by molar-refractivity contribution is -0.141. The number of alkyl halides is 3. The summed E-state index contributed by atoms with van der Waals surface area (Å²) in [6.07, 6.45) is -2.87. The van der Waals surface area contributed by atoms with E-state index < -0.39 is 11.9 Å². The Balaban J connectivity index is 1.57. The highest BCUT2D eigenvalue weighted by molar-refractivity contribution is 5.45. The first kappa shape index (κ1) is 20.9. The van der Waals surface area contributed by atoms with Gasteiger partial charge in [-0.1, -0.05) is 0 Å². The Morgan fingerprint density at radius 3 is 2.50 bits per heavy atom. The van der Waals surface area contributed by atoms with E-state index in [0.29, 0.717) is 48.1 Å². The van der Waals surface area contributed by atoms with E-state index in [9.17, 15) is 17.6 Å². The Morgan fingerprint density at radius 2 is 1.80 bits per heavy atom. The van der Waals surface area contributed by atoms with Crippen molar-refractivity contribution in [3.63, 3.8) is 0 Å². The molecule has 2 aliphatic heterocycles. The molecule has 2 atom stereocenters. The zero-order chi connectivity index (χ0) is 21.5. The van der Waals surface area contributed by atoms with E-state index in [4.69, 9.17) is 9.47 Å². The average Bonchev–Trinajstić information content (AvgIpc) is 2.72. The summed E-state index contributed by atoms with van der Waals surface area (Å²) in [4.78, 5) is 5.76. The van der Waals surface area contributed by atoms with Gasteiger partial charge in [0.1, 0.15) is 24.7 Å². The molecule has 0 spiro atoms. The second kappa shape index (κ2) is 8.06. The molecule has 4 nitrogen and oxygen atoms in total. The Bertz CT molecular complexity index is 932. The van der Waals surface area contributed by atoms with Crippen molar-refractivity contribution in [3.8, 4) is 11.5 Å². The molecule has 0 N–H and O–H groups in total. The van der Waals surface area contributed by atoms with Crippen LogP contribution in [0.3, 0.4) is 0 Å². The predicted octanol–water partition coefficient (Wildman–Crippen LogP) is 5.26. The first-order valence-electron chi connectivity index (χ1n) is 10.1. The molecule has 2 aromatic rings. The molecular weight excluding hydrogens is 400 g/mol. The SMILES string of the molecule is Cc1cc(C2CCCN(C(C)c3cc4c(cc3F)OCCO4)C2)cc(C(F)(F)F)n1. The van der Waals surface area contributed by atoms with Gasteiger partial charge >= 0.3 is 6.18 Å². The van der Waals surface area contributed by atoms with Crippen LogP contribution in [-0.4, -0.2) is 36.2 Å². The Labute approximate surface area is 172 Å². The summed E-state index contributed by atoms with van der Waals surface area (Å²) in [6, 6.07) is 5.66. The van der Waals surface area contributed by atoms with Crippen molar-refractivity contribution in [3.05, 3.63) is 52.6 Å². The van der Waals surface area contributed by atoms with Gasteiger partial charge in [0.15, 0.2) is 11.5 Å². The molecule has 162 valence electrons. The Morgan fingerprint density at radius 1 is 1.10 bits per heavy atom. The summed E-state index contributed by atoms with van der Waals surface area (Å²) < 4.78 is 65.3. The minimum Gasteiger partial charge on any atom is -0.486 e. The van der Waals surface area contributed by atoms with Crippen LogP contribution in [0.2, 0.25) is 0 Å². The van der Waals surface area contributed by atoms with Gasteiger partial charge < -0.3 is 9.47 Å². The molecule has 3 heterocycles. The zero-order valence-electron chi connectivity index (χ0n) is 16.9.